The molecule has 0 unspecified atom stereocenters. The van der Waals surface area contributed by atoms with Crippen molar-refractivity contribution < 1.29 is 9.21 Å². The molecule has 1 radical (unpaired) electrons. The number of ketones is 1. The molecule has 0 aliphatic rings. The minimum Gasteiger partial charge on any atom is -0.422 e. The summed E-state index contributed by atoms with van der Waals surface area (Å²) in [4.78, 5) is 22.2. The summed E-state index contributed by atoms with van der Waals surface area (Å²) in [6, 6.07) is 8.51. The lowest BCUT2D eigenvalue weighted by atomic mass is 10.1. The van der Waals surface area contributed by atoms with Crippen molar-refractivity contribution in [2.24, 2.45) is 0 Å². The Morgan fingerprint density at radius 3 is 2.71 bits per heavy atom. The van der Waals surface area contributed by atoms with E-state index < -0.39 is 11.4 Å². The van der Waals surface area contributed by atoms with Gasteiger partial charge in [-0.15, -0.1) is 0 Å². The quantitative estimate of drug-likeness (QED) is 0.505. The lowest BCUT2D eigenvalue weighted by Crippen LogP contribution is -2.10. The van der Waals surface area contributed by atoms with Gasteiger partial charge in [-0.1, -0.05) is 18.2 Å². The standard InChI is InChI=1S/C11H7O3/c1-7(12)9-6-8-4-2-3-5-10(8)14-11(9)13/h2-6H,1H2. The Bertz CT molecular complexity index is 552. The summed E-state index contributed by atoms with van der Waals surface area (Å²) < 4.78 is 4.94. The molecule has 0 aliphatic carbocycles. The van der Waals surface area contributed by atoms with Crippen molar-refractivity contribution in [3.8, 4) is 0 Å². The fraction of sp³-hybridized carbons (Fsp3) is 0. The number of hydrogen-bond acceptors (Lipinski definition) is 3. The van der Waals surface area contributed by atoms with Crippen LogP contribution < -0.4 is 5.63 Å². The predicted molar refractivity (Wildman–Crippen MR) is 52.2 cm³/mol. The van der Waals surface area contributed by atoms with E-state index in [1.165, 1.54) is 6.07 Å². The first-order chi connectivity index (χ1) is 6.68. The fourth-order valence-corrected chi connectivity index (χ4v) is 1.26. The molecule has 1 aromatic heterocycles. The van der Waals surface area contributed by atoms with E-state index in [1.54, 1.807) is 24.3 Å². The average molecular weight is 187 g/mol. The first kappa shape index (κ1) is 8.69. The molecule has 0 atom stereocenters. The summed E-state index contributed by atoms with van der Waals surface area (Å²) in [7, 11) is 0. The van der Waals surface area contributed by atoms with Gasteiger partial charge in [0.2, 0.25) is 0 Å². The van der Waals surface area contributed by atoms with Gasteiger partial charge in [-0.05, 0) is 12.1 Å². The molecule has 1 aromatic carbocycles. The van der Waals surface area contributed by atoms with Gasteiger partial charge in [-0.2, -0.15) is 0 Å². The number of Topliss-reactive ketones (excluding diaryl/α,β-unsaturated/α-hetero) is 1. The molecule has 3 nitrogen and oxygen atoms in total. The van der Waals surface area contributed by atoms with Crippen LogP contribution in [-0.2, 0) is 0 Å². The van der Waals surface area contributed by atoms with E-state index in [0.717, 1.165) is 5.39 Å². The van der Waals surface area contributed by atoms with Crippen molar-refractivity contribution in [3.05, 3.63) is 53.2 Å². The Hall–Kier alpha value is -1.90. The molecule has 0 fully saturated rings. The number of carbonyl (C=O) groups is 1. The van der Waals surface area contributed by atoms with Crippen LogP contribution in [0.5, 0.6) is 0 Å². The first-order valence-corrected chi connectivity index (χ1v) is 4.07. The molecular formula is C11H7O3. The molecule has 3 heteroatoms. The second-order valence-electron chi connectivity index (χ2n) is 2.91. The summed E-state index contributed by atoms with van der Waals surface area (Å²) in [6.45, 7) is 3.18. The zero-order valence-corrected chi connectivity index (χ0v) is 7.32. The SMILES string of the molecule is [CH2]C(=O)c1cc2ccccc2oc1=O. The van der Waals surface area contributed by atoms with Crippen LogP contribution in [0.2, 0.25) is 0 Å². The molecule has 0 aliphatic heterocycles. The largest absolute Gasteiger partial charge is 0.422 e. The Morgan fingerprint density at radius 1 is 1.29 bits per heavy atom. The summed E-state index contributed by atoms with van der Waals surface area (Å²) in [5.74, 6) is -0.524. The van der Waals surface area contributed by atoms with E-state index in [0.29, 0.717) is 5.58 Å². The van der Waals surface area contributed by atoms with Gasteiger partial charge < -0.3 is 4.42 Å². The van der Waals surface area contributed by atoms with Gasteiger partial charge in [0.25, 0.3) is 0 Å². The summed E-state index contributed by atoms with van der Waals surface area (Å²) in [6.07, 6.45) is 0. The molecule has 0 saturated heterocycles. The normalized spacial score (nSPS) is 10.4. The molecule has 69 valence electrons. The topological polar surface area (TPSA) is 47.3 Å². The summed E-state index contributed by atoms with van der Waals surface area (Å²) >= 11 is 0. The van der Waals surface area contributed by atoms with Crippen molar-refractivity contribution in [3.63, 3.8) is 0 Å². The number of rotatable bonds is 1. The van der Waals surface area contributed by atoms with E-state index in [-0.39, 0.29) is 5.56 Å². The molecule has 0 bridgehead atoms. The van der Waals surface area contributed by atoms with Crippen molar-refractivity contribution in [1.82, 2.24) is 0 Å². The van der Waals surface area contributed by atoms with Gasteiger partial charge >= 0.3 is 5.63 Å². The van der Waals surface area contributed by atoms with E-state index in [2.05, 4.69) is 6.92 Å². The van der Waals surface area contributed by atoms with Crippen molar-refractivity contribution in [1.29, 1.82) is 0 Å². The first-order valence-electron chi connectivity index (χ1n) is 4.07. The van der Waals surface area contributed by atoms with Crippen LogP contribution in [0.25, 0.3) is 11.0 Å². The highest BCUT2D eigenvalue weighted by molar-refractivity contribution is 6.00. The lowest BCUT2D eigenvalue weighted by molar-refractivity contribution is 0.104. The van der Waals surface area contributed by atoms with Crippen LogP contribution in [0.1, 0.15) is 10.4 Å². The van der Waals surface area contributed by atoms with Crippen LogP contribution in [0.15, 0.2) is 39.5 Å². The zero-order chi connectivity index (χ0) is 10.1. The van der Waals surface area contributed by atoms with Crippen LogP contribution in [-0.4, -0.2) is 5.78 Å². The van der Waals surface area contributed by atoms with E-state index in [1.807, 2.05) is 0 Å². The fourth-order valence-electron chi connectivity index (χ4n) is 1.26. The molecule has 1 heterocycles. The Labute approximate surface area is 80.0 Å². The van der Waals surface area contributed by atoms with Gasteiger partial charge in [0, 0.05) is 12.3 Å². The number of fused-ring (bicyclic) bond motifs is 1. The van der Waals surface area contributed by atoms with Crippen LogP contribution >= 0.6 is 0 Å². The lowest BCUT2D eigenvalue weighted by Gasteiger charge is -1.97. The second kappa shape index (κ2) is 3.10. The van der Waals surface area contributed by atoms with Crippen LogP contribution in [0.4, 0.5) is 0 Å². The van der Waals surface area contributed by atoms with Gasteiger partial charge in [0.05, 0.1) is 0 Å². The van der Waals surface area contributed by atoms with Gasteiger partial charge in [0.1, 0.15) is 11.1 Å². The Kier molecular flexibility index (Phi) is 1.93. The maximum absolute atomic E-state index is 11.2. The van der Waals surface area contributed by atoms with Crippen LogP contribution in [0.3, 0.4) is 0 Å². The van der Waals surface area contributed by atoms with Gasteiger partial charge in [-0.3, -0.25) is 4.79 Å². The smallest absolute Gasteiger partial charge is 0.347 e. The molecular weight excluding hydrogens is 180 g/mol. The third-order valence-electron chi connectivity index (χ3n) is 1.94. The zero-order valence-electron chi connectivity index (χ0n) is 7.32. The highest BCUT2D eigenvalue weighted by atomic mass is 16.4. The van der Waals surface area contributed by atoms with E-state index in [9.17, 15) is 9.59 Å². The number of carbonyl (C=O) groups excluding carboxylic acids is 1. The summed E-state index contributed by atoms with van der Waals surface area (Å²) in [5.41, 5.74) is -0.171. The van der Waals surface area contributed by atoms with E-state index in [4.69, 9.17) is 4.42 Å². The molecule has 0 saturated carbocycles. The van der Waals surface area contributed by atoms with Gasteiger partial charge in [-0.25, -0.2) is 4.79 Å². The Morgan fingerprint density at radius 2 is 2.00 bits per heavy atom. The van der Waals surface area contributed by atoms with Crippen molar-refractivity contribution in [2.45, 2.75) is 0 Å². The third-order valence-corrected chi connectivity index (χ3v) is 1.94. The second-order valence-corrected chi connectivity index (χ2v) is 2.91. The van der Waals surface area contributed by atoms with E-state index >= 15 is 0 Å². The maximum Gasteiger partial charge on any atom is 0.347 e. The third kappa shape index (κ3) is 1.33. The monoisotopic (exact) mass is 187 g/mol. The maximum atomic E-state index is 11.2. The molecule has 14 heavy (non-hydrogen) atoms. The van der Waals surface area contributed by atoms with Crippen molar-refractivity contribution in [2.75, 3.05) is 0 Å². The molecule has 0 amide bonds. The molecule has 2 aromatic rings. The highest BCUT2D eigenvalue weighted by Crippen LogP contribution is 2.12. The predicted octanol–water partition coefficient (Wildman–Crippen LogP) is 1.81. The molecule has 0 spiro atoms. The molecule has 0 N–H and O–H groups in total. The number of para-hydroxylation sites is 1. The Balaban J connectivity index is 2.84. The number of hydrogen-bond donors (Lipinski definition) is 0. The molecule has 2 rings (SSSR count). The summed E-state index contributed by atoms with van der Waals surface area (Å²) in [5, 5.41) is 0.721. The van der Waals surface area contributed by atoms with Gasteiger partial charge in [0.15, 0.2) is 5.78 Å². The average Bonchev–Trinajstić information content (AvgIpc) is 2.16. The van der Waals surface area contributed by atoms with Crippen LogP contribution in [0, 0.1) is 6.92 Å². The number of benzene rings is 1. The highest BCUT2D eigenvalue weighted by Gasteiger charge is 2.08. The van der Waals surface area contributed by atoms with Crippen molar-refractivity contribution >= 4 is 16.8 Å². The minimum atomic E-state index is -0.635. The minimum absolute atomic E-state index is 0.0105.